The molecular weight excluding hydrogens is 391 g/mol. The summed E-state index contributed by atoms with van der Waals surface area (Å²) in [6, 6.07) is -0.269. The van der Waals surface area contributed by atoms with Gasteiger partial charge in [-0.15, -0.1) is 0 Å². The molecule has 8 nitrogen and oxygen atoms in total. The van der Waals surface area contributed by atoms with Gasteiger partial charge in [0.05, 0.1) is 18.3 Å². The van der Waals surface area contributed by atoms with E-state index in [9.17, 15) is 22.8 Å². The van der Waals surface area contributed by atoms with Crippen molar-refractivity contribution in [3.05, 3.63) is 23.3 Å². The Bertz CT molecular complexity index is 774. The van der Waals surface area contributed by atoms with E-state index in [4.69, 9.17) is 4.74 Å². The fourth-order valence-electron chi connectivity index (χ4n) is 3.62. The minimum Gasteiger partial charge on any atom is -0.367 e. The van der Waals surface area contributed by atoms with Crippen molar-refractivity contribution in [1.29, 1.82) is 0 Å². The lowest BCUT2D eigenvalue weighted by molar-refractivity contribution is -0.149. The van der Waals surface area contributed by atoms with Crippen molar-refractivity contribution in [2.45, 2.75) is 44.6 Å². The third-order valence-electron chi connectivity index (χ3n) is 5.22. The predicted molar refractivity (Wildman–Crippen MR) is 95.6 cm³/mol. The number of morpholine rings is 1. The maximum atomic E-state index is 13.1. The second-order valence-electron chi connectivity index (χ2n) is 7.32. The van der Waals surface area contributed by atoms with E-state index in [-0.39, 0.29) is 67.8 Å². The summed E-state index contributed by atoms with van der Waals surface area (Å²) in [5.41, 5.74) is -0.644. The Morgan fingerprint density at radius 1 is 1.41 bits per heavy atom. The zero-order chi connectivity index (χ0) is 21.2. The Morgan fingerprint density at radius 2 is 2.17 bits per heavy atom. The Balaban J connectivity index is 1.63. The van der Waals surface area contributed by atoms with Gasteiger partial charge in [0.1, 0.15) is 12.9 Å². The first-order valence-corrected chi connectivity index (χ1v) is 9.43. The third kappa shape index (κ3) is 5.02. The van der Waals surface area contributed by atoms with E-state index in [2.05, 4.69) is 15.3 Å². The highest BCUT2D eigenvalue weighted by Crippen LogP contribution is 2.33. The highest BCUT2D eigenvalue weighted by molar-refractivity contribution is 5.79. The van der Waals surface area contributed by atoms with Gasteiger partial charge in [-0.3, -0.25) is 9.59 Å². The molecule has 1 N–H and O–H groups in total. The molecule has 0 aliphatic carbocycles. The molecule has 0 saturated carbocycles. The van der Waals surface area contributed by atoms with Crippen LogP contribution in [-0.4, -0.2) is 77.0 Å². The number of amides is 2. The smallest absolute Gasteiger partial charge is 0.367 e. The van der Waals surface area contributed by atoms with Gasteiger partial charge >= 0.3 is 6.18 Å². The fraction of sp³-hybridized carbons (Fsp3) is 0.667. The van der Waals surface area contributed by atoms with Crippen molar-refractivity contribution >= 4 is 11.8 Å². The summed E-state index contributed by atoms with van der Waals surface area (Å²) >= 11 is 0. The van der Waals surface area contributed by atoms with Gasteiger partial charge in [0.2, 0.25) is 11.8 Å². The molecule has 1 aromatic rings. The van der Waals surface area contributed by atoms with E-state index in [1.54, 1.807) is 11.9 Å². The van der Waals surface area contributed by atoms with Crippen molar-refractivity contribution in [2.24, 2.45) is 0 Å². The lowest BCUT2D eigenvalue weighted by Gasteiger charge is -2.34. The van der Waals surface area contributed by atoms with Crippen LogP contribution in [0.2, 0.25) is 0 Å². The van der Waals surface area contributed by atoms with E-state index < -0.39 is 11.9 Å². The first kappa shape index (κ1) is 21.4. The van der Waals surface area contributed by atoms with Crippen molar-refractivity contribution < 1.29 is 27.5 Å². The average molecular weight is 415 g/mol. The Hall–Kier alpha value is -2.27. The molecule has 3 heterocycles. The average Bonchev–Trinajstić information content (AvgIpc) is 2.68. The molecule has 0 aromatic carbocycles. The van der Waals surface area contributed by atoms with Gasteiger partial charge < -0.3 is 19.9 Å². The number of nitrogens with zero attached hydrogens (tertiary/aromatic N) is 4. The number of rotatable bonds is 5. The molecule has 1 aromatic heterocycles. The third-order valence-corrected chi connectivity index (χ3v) is 5.22. The fourth-order valence-corrected chi connectivity index (χ4v) is 3.62. The van der Waals surface area contributed by atoms with E-state index >= 15 is 0 Å². The van der Waals surface area contributed by atoms with Crippen LogP contribution >= 0.6 is 0 Å². The number of hydrogen-bond donors (Lipinski definition) is 1. The summed E-state index contributed by atoms with van der Waals surface area (Å²) in [5, 5.41) is 3.05. The Morgan fingerprint density at radius 3 is 2.86 bits per heavy atom. The van der Waals surface area contributed by atoms with Crippen LogP contribution < -0.4 is 5.32 Å². The molecule has 0 bridgehead atoms. The Kier molecular flexibility index (Phi) is 6.37. The SMILES string of the molecule is CN[C@@H](CC(=O)N1CCc2c(ncnc2C(F)(F)F)C1)CN1C[C@H](C)OCC1=O. The van der Waals surface area contributed by atoms with Gasteiger partial charge in [0.15, 0.2) is 5.69 Å². The monoisotopic (exact) mass is 415 g/mol. The van der Waals surface area contributed by atoms with Crippen LogP contribution in [0.5, 0.6) is 0 Å². The first-order valence-electron chi connectivity index (χ1n) is 9.43. The molecule has 29 heavy (non-hydrogen) atoms. The van der Waals surface area contributed by atoms with E-state index in [0.717, 1.165) is 6.33 Å². The minimum atomic E-state index is -4.54. The standard InChI is InChI=1S/C18H24F3N5O3/c1-11-6-26(16(28)9-29-11)7-12(22-2)5-15(27)25-4-3-13-14(8-25)23-10-24-17(13)18(19,20)21/h10-12,22H,3-9H2,1-2H3/t11-,12-/m0/s1. The van der Waals surface area contributed by atoms with Crippen LogP contribution in [0.1, 0.15) is 30.3 Å². The van der Waals surface area contributed by atoms with Crippen molar-refractivity contribution in [3.8, 4) is 0 Å². The van der Waals surface area contributed by atoms with Gasteiger partial charge in [0, 0.05) is 37.7 Å². The molecule has 2 amide bonds. The number of fused-ring (bicyclic) bond motifs is 1. The molecule has 2 atom stereocenters. The molecule has 11 heteroatoms. The van der Waals surface area contributed by atoms with Crippen LogP contribution in [-0.2, 0) is 33.5 Å². The molecule has 1 fully saturated rings. The predicted octanol–water partition coefficient (Wildman–Crippen LogP) is 0.606. The van der Waals surface area contributed by atoms with Crippen molar-refractivity contribution in [1.82, 2.24) is 25.1 Å². The van der Waals surface area contributed by atoms with E-state index in [1.165, 1.54) is 4.90 Å². The summed E-state index contributed by atoms with van der Waals surface area (Å²) < 4.78 is 44.6. The van der Waals surface area contributed by atoms with E-state index in [1.807, 2.05) is 6.92 Å². The number of likely N-dealkylation sites (N-methyl/N-ethyl adjacent to an activating group) is 1. The van der Waals surface area contributed by atoms with E-state index in [0.29, 0.717) is 13.1 Å². The number of halogens is 3. The highest BCUT2D eigenvalue weighted by Gasteiger charge is 2.38. The number of alkyl halides is 3. The second kappa shape index (κ2) is 8.62. The number of hydrogen-bond acceptors (Lipinski definition) is 6. The summed E-state index contributed by atoms with van der Waals surface area (Å²) in [5.74, 6) is -0.324. The van der Waals surface area contributed by atoms with Gasteiger partial charge in [-0.2, -0.15) is 13.2 Å². The van der Waals surface area contributed by atoms with Gasteiger partial charge in [0.25, 0.3) is 0 Å². The van der Waals surface area contributed by atoms with Crippen LogP contribution in [0.4, 0.5) is 13.2 Å². The molecular formula is C18H24F3N5O3. The minimum absolute atomic E-state index is 0.0176. The topological polar surface area (TPSA) is 87.7 Å². The molecule has 0 unspecified atom stereocenters. The van der Waals surface area contributed by atoms with Gasteiger partial charge in [-0.05, 0) is 20.4 Å². The molecule has 2 aliphatic heterocycles. The van der Waals surface area contributed by atoms with Crippen LogP contribution in [0.3, 0.4) is 0 Å². The maximum Gasteiger partial charge on any atom is 0.433 e. The molecule has 1 saturated heterocycles. The van der Waals surface area contributed by atoms with Gasteiger partial charge in [-0.25, -0.2) is 9.97 Å². The lowest BCUT2D eigenvalue weighted by Crippen LogP contribution is -2.51. The number of ether oxygens (including phenoxy) is 1. The highest BCUT2D eigenvalue weighted by atomic mass is 19.4. The second-order valence-corrected chi connectivity index (χ2v) is 7.32. The molecule has 2 aliphatic rings. The number of nitrogens with one attached hydrogen (secondary N) is 1. The lowest BCUT2D eigenvalue weighted by atomic mass is 10.0. The molecule has 160 valence electrons. The van der Waals surface area contributed by atoms with Crippen LogP contribution in [0, 0.1) is 0 Å². The molecule has 0 spiro atoms. The summed E-state index contributed by atoms with van der Waals surface area (Å²) in [7, 11) is 1.71. The largest absolute Gasteiger partial charge is 0.433 e. The van der Waals surface area contributed by atoms with Gasteiger partial charge in [-0.1, -0.05) is 0 Å². The maximum absolute atomic E-state index is 13.1. The zero-order valence-corrected chi connectivity index (χ0v) is 16.3. The van der Waals surface area contributed by atoms with Crippen molar-refractivity contribution in [2.75, 3.05) is 33.3 Å². The quantitative estimate of drug-likeness (QED) is 0.758. The van der Waals surface area contributed by atoms with Crippen LogP contribution in [0.15, 0.2) is 6.33 Å². The molecule has 0 radical (unpaired) electrons. The first-order chi connectivity index (χ1) is 13.7. The number of carbonyl (C=O) groups is 2. The van der Waals surface area contributed by atoms with Crippen molar-refractivity contribution in [3.63, 3.8) is 0 Å². The summed E-state index contributed by atoms with van der Waals surface area (Å²) in [4.78, 5) is 35.2. The summed E-state index contributed by atoms with van der Waals surface area (Å²) in [6.07, 6.45) is -3.54. The number of carbonyl (C=O) groups excluding carboxylic acids is 2. The number of aromatic nitrogens is 2. The normalized spacial score (nSPS) is 21.1. The Labute approximate surface area is 166 Å². The summed E-state index contributed by atoms with van der Waals surface area (Å²) in [6.45, 7) is 2.91. The zero-order valence-electron chi connectivity index (χ0n) is 16.3. The van der Waals surface area contributed by atoms with Crippen LogP contribution in [0.25, 0.3) is 0 Å². The molecule has 3 rings (SSSR count).